The third-order valence-corrected chi connectivity index (χ3v) is 8.48. The summed E-state index contributed by atoms with van der Waals surface area (Å²) in [5, 5.41) is 11.7. The molecule has 1 aliphatic heterocycles. The first-order valence-corrected chi connectivity index (χ1v) is 13.2. The van der Waals surface area contributed by atoms with Crippen LogP contribution in [-0.2, 0) is 17.8 Å². The minimum absolute atomic E-state index is 0.00581. The van der Waals surface area contributed by atoms with Crippen LogP contribution >= 0.6 is 11.6 Å². The molecule has 37 heavy (non-hydrogen) atoms. The molecule has 1 aliphatic carbocycles. The average molecular weight is 528 g/mol. The zero-order valence-corrected chi connectivity index (χ0v) is 21.7. The van der Waals surface area contributed by atoms with Crippen LogP contribution < -0.4 is 10.4 Å². The summed E-state index contributed by atoms with van der Waals surface area (Å²) in [5.41, 5.74) is 1.07. The van der Waals surface area contributed by atoms with Crippen molar-refractivity contribution in [3.63, 3.8) is 0 Å². The SMILES string of the molecule is Cc1c(CCC(=O)N2CCC3(O)CCCCC3C2)c(=O)oc2cc(OCc3cccc(F)c3Cl)ccc12. The lowest BCUT2D eigenvalue weighted by Gasteiger charge is -2.47. The fourth-order valence-corrected chi connectivity index (χ4v) is 5.94. The van der Waals surface area contributed by atoms with E-state index in [0.29, 0.717) is 48.4 Å². The van der Waals surface area contributed by atoms with Gasteiger partial charge in [-0.05, 0) is 56.4 Å². The van der Waals surface area contributed by atoms with Crippen LogP contribution in [0.2, 0.25) is 5.02 Å². The Balaban J connectivity index is 1.26. The highest BCUT2D eigenvalue weighted by molar-refractivity contribution is 6.31. The molecule has 1 saturated heterocycles. The number of benzene rings is 2. The van der Waals surface area contributed by atoms with Gasteiger partial charge in [-0.2, -0.15) is 0 Å². The summed E-state index contributed by atoms with van der Waals surface area (Å²) in [7, 11) is 0. The Kier molecular flexibility index (Phi) is 7.28. The summed E-state index contributed by atoms with van der Waals surface area (Å²) < 4.78 is 25.0. The molecule has 8 heteroatoms. The van der Waals surface area contributed by atoms with E-state index in [9.17, 15) is 19.1 Å². The van der Waals surface area contributed by atoms with E-state index < -0.39 is 17.0 Å². The topological polar surface area (TPSA) is 80.0 Å². The van der Waals surface area contributed by atoms with Crippen LogP contribution in [0.15, 0.2) is 45.6 Å². The van der Waals surface area contributed by atoms with E-state index in [1.165, 1.54) is 6.07 Å². The number of hydrogen-bond donors (Lipinski definition) is 1. The summed E-state index contributed by atoms with van der Waals surface area (Å²) in [5.74, 6) is 0.0989. The summed E-state index contributed by atoms with van der Waals surface area (Å²) >= 11 is 6.00. The summed E-state index contributed by atoms with van der Waals surface area (Å²) in [6.07, 6.45) is 5.06. The van der Waals surface area contributed by atoms with E-state index in [2.05, 4.69) is 0 Å². The highest BCUT2D eigenvalue weighted by atomic mass is 35.5. The Bertz CT molecular complexity index is 1390. The predicted molar refractivity (Wildman–Crippen MR) is 139 cm³/mol. The highest BCUT2D eigenvalue weighted by Gasteiger charge is 2.43. The molecule has 2 aliphatic rings. The first-order valence-electron chi connectivity index (χ1n) is 12.9. The van der Waals surface area contributed by atoms with Crippen molar-refractivity contribution in [1.29, 1.82) is 0 Å². The van der Waals surface area contributed by atoms with E-state index >= 15 is 0 Å². The van der Waals surface area contributed by atoms with Gasteiger partial charge in [-0.25, -0.2) is 9.18 Å². The lowest BCUT2D eigenvalue weighted by atomic mass is 9.71. The number of ether oxygens (including phenoxy) is 1. The molecular weight excluding hydrogens is 497 g/mol. The van der Waals surface area contributed by atoms with Crippen molar-refractivity contribution in [2.24, 2.45) is 5.92 Å². The summed E-state index contributed by atoms with van der Waals surface area (Å²) in [6, 6.07) is 9.74. The normalized spacial score (nSPS) is 21.6. The van der Waals surface area contributed by atoms with Crippen molar-refractivity contribution >= 4 is 28.5 Å². The van der Waals surface area contributed by atoms with Crippen LogP contribution in [0, 0.1) is 18.7 Å². The van der Waals surface area contributed by atoms with Gasteiger partial charge in [-0.15, -0.1) is 0 Å². The molecule has 196 valence electrons. The van der Waals surface area contributed by atoms with Gasteiger partial charge in [0.2, 0.25) is 5.91 Å². The molecule has 2 atom stereocenters. The highest BCUT2D eigenvalue weighted by Crippen LogP contribution is 2.40. The summed E-state index contributed by atoms with van der Waals surface area (Å²) in [6.45, 7) is 3.07. The number of carbonyl (C=O) groups is 1. The smallest absolute Gasteiger partial charge is 0.339 e. The molecule has 5 rings (SSSR count). The van der Waals surface area contributed by atoms with Crippen LogP contribution in [-0.4, -0.2) is 34.6 Å². The molecule has 2 unspecified atom stereocenters. The second kappa shape index (κ2) is 10.5. The van der Waals surface area contributed by atoms with E-state index in [1.54, 1.807) is 24.3 Å². The number of piperidine rings is 1. The zero-order valence-electron chi connectivity index (χ0n) is 20.9. The minimum atomic E-state index is -0.628. The van der Waals surface area contributed by atoms with Crippen LogP contribution in [0.4, 0.5) is 4.39 Å². The second-order valence-corrected chi connectivity index (χ2v) is 10.7. The molecular formula is C29H31ClFNO5. The van der Waals surface area contributed by atoms with Gasteiger partial charge < -0.3 is 19.2 Å². The van der Waals surface area contributed by atoms with Crippen LogP contribution in [0.3, 0.4) is 0 Å². The number of fused-ring (bicyclic) bond motifs is 2. The molecule has 0 radical (unpaired) electrons. The number of halogens is 2. The van der Waals surface area contributed by atoms with Crippen LogP contribution in [0.25, 0.3) is 11.0 Å². The maximum absolute atomic E-state index is 13.7. The fraction of sp³-hybridized carbons (Fsp3) is 0.448. The number of carbonyl (C=O) groups excluding carboxylic acids is 1. The lowest BCUT2D eigenvalue weighted by molar-refractivity contribution is -0.143. The number of aliphatic hydroxyl groups is 1. The third kappa shape index (κ3) is 5.25. The van der Waals surface area contributed by atoms with Gasteiger partial charge >= 0.3 is 5.63 Å². The molecule has 2 aromatic carbocycles. The second-order valence-electron chi connectivity index (χ2n) is 10.3. The van der Waals surface area contributed by atoms with Crippen molar-refractivity contribution in [2.45, 2.75) is 64.1 Å². The molecule has 1 aromatic heterocycles. The van der Waals surface area contributed by atoms with Crippen molar-refractivity contribution in [1.82, 2.24) is 4.90 Å². The number of rotatable bonds is 6. The standard InChI is InChI=1S/C29H31ClFNO5/c1-18-22-9-8-21(36-17-19-5-4-7-24(31)27(19)30)15-25(22)37-28(34)23(18)10-11-26(33)32-14-13-29(35)12-3-2-6-20(29)16-32/h4-5,7-9,15,20,35H,2-3,6,10-14,16-17H2,1H3. The quantitative estimate of drug-likeness (QED) is 0.425. The molecule has 0 bridgehead atoms. The number of likely N-dealkylation sites (tertiary alicyclic amines) is 1. The average Bonchev–Trinajstić information content (AvgIpc) is 2.88. The molecule has 0 spiro atoms. The number of aryl methyl sites for hydroxylation is 1. The number of nitrogens with zero attached hydrogens (tertiary/aromatic N) is 1. The van der Waals surface area contributed by atoms with Gasteiger partial charge in [-0.1, -0.05) is 36.6 Å². The van der Waals surface area contributed by atoms with Crippen molar-refractivity contribution in [2.75, 3.05) is 13.1 Å². The zero-order chi connectivity index (χ0) is 26.2. The monoisotopic (exact) mass is 527 g/mol. The number of hydrogen-bond acceptors (Lipinski definition) is 5. The van der Waals surface area contributed by atoms with Gasteiger partial charge in [0.05, 0.1) is 10.6 Å². The largest absolute Gasteiger partial charge is 0.489 e. The van der Waals surface area contributed by atoms with Crippen molar-refractivity contribution in [3.05, 3.63) is 74.3 Å². The maximum Gasteiger partial charge on any atom is 0.339 e. The molecule has 1 amide bonds. The van der Waals surface area contributed by atoms with Crippen LogP contribution in [0.5, 0.6) is 5.75 Å². The molecule has 1 N–H and O–H groups in total. The maximum atomic E-state index is 13.7. The number of amides is 1. The Labute approximate surface area is 220 Å². The van der Waals surface area contributed by atoms with Gasteiger partial charge in [0, 0.05) is 48.0 Å². The Morgan fingerprint density at radius 1 is 1.27 bits per heavy atom. The fourth-order valence-electron chi connectivity index (χ4n) is 5.76. The third-order valence-electron chi connectivity index (χ3n) is 8.05. The molecule has 1 saturated carbocycles. The van der Waals surface area contributed by atoms with E-state index in [-0.39, 0.29) is 29.9 Å². The van der Waals surface area contributed by atoms with E-state index in [0.717, 1.165) is 36.6 Å². The van der Waals surface area contributed by atoms with Gasteiger partial charge in [-0.3, -0.25) is 4.79 Å². The molecule has 3 aromatic rings. The predicted octanol–water partition coefficient (Wildman–Crippen LogP) is 5.56. The molecule has 6 nitrogen and oxygen atoms in total. The Hall–Kier alpha value is -2.90. The van der Waals surface area contributed by atoms with Gasteiger partial charge in [0.25, 0.3) is 0 Å². The van der Waals surface area contributed by atoms with Gasteiger partial charge in [0.15, 0.2) is 0 Å². The first kappa shape index (κ1) is 25.7. The van der Waals surface area contributed by atoms with E-state index in [1.807, 2.05) is 17.9 Å². The van der Waals surface area contributed by atoms with Crippen molar-refractivity contribution in [3.8, 4) is 5.75 Å². The summed E-state index contributed by atoms with van der Waals surface area (Å²) in [4.78, 5) is 27.6. The molecule has 2 heterocycles. The van der Waals surface area contributed by atoms with Crippen molar-refractivity contribution < 1.29 is 23.4 Å². The lowest BCUT2D eigenvalue weighted by Crippen LogP contribution is -2.54. The van der Waals surface area contributed by atoms with E-state index in [4.69, 9.17) is 20.8 Å². The van der Waals surface area contributed by atoms with Gasteiger partial charge in [0.1, 0.15) is 23.8 Å². The molecule has 2 fully saturated rings. The van der Waals surface area contributed by atoms with Crippen LogP contribution in [0.1, 0.15) is 55.2 Å². The first-order chi connectivity index (χ1) is 17.7. The minimum Gasteiger partial charge on any atom is -0.489 e. The Morgan fingerprint density at radius 2 is 2.11 bits per heavy atom. The Morgan fingerprint density at radius 3 is 2.95 bits per heavy atom.